The lowest BCUT2D eigenvalue weighted by atomic mass is 10.2. The molecule has 1 fully saturated rings. The largest absolute Gasteiger partial charge is 0.496 e. The summed E-state index contributed by atoms with van der Waals surface area (Å²) in [5.41, 5.74) is 0.767. The van der Waals surface area contributed by atoms with Gasteiger partial charge in [-0.1, -0.05) is 22.9 Å². The lowest BCUT2D eigenvalue weighted by Crippen LogP contribution is -2.28. The molecule has 0 aliphatic carbocycles. The molecule has 2 amide bonds. The molecular formula is C14H14BrNO3S. The van der Waals surface area contributed by atoms with E-state index in [1.807, 2.05) is 25.1 Å². The van der Waals surface area contributed by atoms with E-state index in [0.717, 1.165) is 28.2 Å². The van der Waals surface area contributed by atoms with Crippen molar-refractivity contribution in [3.05, 3.63) is 33.1 Å². The minimum Gasteiger partial charge on any atom is -0.496 e. The van der Waals surface area contributed by atoms with Gasteiger partial charge in [0.05, 0.1) is 12.0 Å². The SMILES string of the molecule is CCCN1C(=O)S/C(=C/c2cc(Br)ccc2OC)C1=O. The van der Waals surface area contributed by atoms with Gasteiger partial charge < -0.3 is 4.74 Å². The molecule has 4 nitrogen and oxygen atoms in total. The van der Waals surface area contributed by atoms with Crippen LogP contribution in [-0.2, 0) is 4.79 Å². The van der Waals surface area contributed by atoms with E-state index in [1.165, 1.54) is 4.90 Å². The Kier molecular flexibility index (Phi) is 4.88. The van der Waals surface area contributed by atoms with Crippen molar-refractivity contribution in [2.75, 3.05) is 13.7 Å². The van der Waals surface area contributed by atoms with Gasteiger partial charge in [0.25, 0.3) is 11.1 Å². The Balaban J connectivity index is 2.35. The monoisotopic (exact) mass is 355 g/mol. The molecule has 2 rings (SSSR count). The van der Waals surface area contributed by atoms with Crippen LogP contribution in [0.15, 0.2) is 27.6 Å². The van der Waals surface area contributed by atoms with Gasteiger partial charge in [0.2, 0.25) is 0 Å². The molecule has 0 atom stereocenters. The topological polar surface area (TPSA) is 46.6 Å². The van der Waals surface area contributed by atoms with Crippen molar-refractivity contribution < 1.29 is 14.3 Å². The summed E-state index contributed by atoms with van der Waals surface area (Å²) < 4.78 is 6.15. The molecule has 106 valence electrons. The quantitative estimate of drug-likeness (QED) is 0.768. The molecule has 20 heavy (non-hydrogen) atoms. The normalized spacial score (nSPS) is 17.1. The first-order valence-corrected chi connectivity index (χ1v) is 7.76. The number of hydrogen-bond donors (Lipinski definition) is 0. The molecule has 6 heteroatoms. The highest BCUT2D eigenvalue weighted by atomic mass is 79.9. The van der Waals surface area contributed by atoms with Crippen LogP contribution < -0.4 is 4.74 Å². The predicted molar refractivity (Wildman–Crippen MR) is 83.7 cm³/mol. The van der Waals surface area contributed by atoms with Gasteiger partial charge in [-0.05, 0) is 42.5 Å². The van der Waals surface area contributed by atoms with E-state index in [1.54, 1.807) is 13.2 Å². The fourth-order valence-corrected chi connectivity index (χ4v) is 3.11. The Hall–Kier alpha value is -1.27. The molecule has 1 heterocycles. The van der Waals surface area contributed by atoms with E-state index in [-0.39, 0.29) is 11.1 Å². The Morgan fingerprint density at radius 2 is 2.15 bits per heavy atom. The van der Waals surface area contributed by atoms with Crippen molar-refractivity contribution in [3.63, 3.8) is 0 Å². The van der Waals surface area contributed by atoms with E-state index >= 15 is 0 Å². The number of halogens is 1. The molecule has 1 aliphatic rings. The Morgan fingerprint density at radius 1 is 1.40 bits per heavy atom. The number of carbonyl (C=O) groups is 2. The maximum atomic E-state index is 12.2. The van der Waals surface area contributed by atoms with Gasteiger partial charge in [-0.3, -0.25) is 14.5 Å². The van der Waals surface area contributed by atoms with Crippen molar-refractivity contribution in [2.45, 2.75) is 13.3 Å². The first-order valence-electron chi connectivity index (χ1n) is 6.15. The maximum absolute atomic E-state index is 12.2. The second kappa shape index (κ2) is 6.45. The molecule has 0 unspecified atom stereocenters. The number of nitrogens with zero attached hydrogens (tertiary/aromatic N) is 1. The Morgan fingerprint density at radius 3 is 2.80 bits per heavy atom. The van der Waals surface area contributed by atoms with Crippen LogP contribution >= 0.6 is 27.7 Å². The van der Waals surface area contributed by atoms with E-state index < -0.39 is 0 Å². The number of benzene rings is 1. The first-order chi connectivity index (χ1) is 9.56. The molecule has 0 N–H and O–H groups in total. The van der Waals surface area contributed by atoms with Gasteiger partial charge in [-0.15, -0.1) is 0 Å². The standard InChI is InChI=1S/C14H14BrNO3S/c1-3-6-16-13(17)12(20-14(16)18)8-9-7-10(15)4-5-11(9)19-2/h4-5,7-8H,3,6H2,1-2H3/b12-8+. The number of rotatable bonds is 4. The summed E-state index contributed by atoms with van der Waals surface area (Å²) in [6.07, 6.45) is 2.45. The molecule has 1 aromatic rings. The summed E-state index contributed by atoms with van der Waals surface area (Å²) in [4.78, 5) is 25.7. The molecule has 0 bridgehead atoms. The average molecular weight is 356 g/mol. The van der Waals surface area contributed by atoms with Gasteiger partial charge >= 0.3 is 0 Å². The average Bonchev–Trinajstić information content (AvgIpc) is 2.67. The Bertz CT molecular complexity index is 586. The summed E-state index contributed by atoms with van der Waals surface area (Å²) >= 11 is 4.35. The second-order valence-electron chi connectivity index (χ2n) is 4.22. The number of imide groups is 1. The third-order valence-corrected chi connectivity index (χ3v) is 4.20. The fourth-order valence-electron chi connectivity index (χ4n) is 1.88. The van der Waals surface area contributed by atoms with Gasteiger partial charge in [-0.2, -0.15) is 0 Å². The summed E-state index contributed by atoms with van der Waals surface area (Å²) in [6, 6.07) is 5.53. The molecule has 0 radical (unpaired) electrons. The summed E-state index contributed by atoms with van der Waals surface area (Å²) in [5, 5.41) is -0.211. The second-order valence-corrected chi connectivity index (χ2v) is 6.13. The third kappa shape index (κ3) is 3.07. The maximum Gasteiger partial charge on any atom is 0.293 e. The zero-order chi connectivity index (χ0) is 14.7. The van der Waals surface area contributed by atoms with Crippen LogP contribution in [0.3, 0.4) is 0 Å². The molecule has 0 aromatic heterocycles. The third-order valence-electron chi connectivity index (χ3n) is 2.80. The van der Waals surface area contributed by atoms with Crippen LogP contribution in [0.5, 0.6) is 5.75 Å². The lowest BCUT2D eigenvalue weighted by Gasteiger charge is -2.09. The molecule has 1 aromatic carbocycles. The van der Waals surface area contributed by atoms with Crippen molar-refractivity contribution in [2.24, 2.45) is 0 Å². The highest BCUT2D eigenvalue weighted by Crippen LogP contribution is 2.34. The van der Waals surface area contributed by atoms with Crippen LogP contribution in [0.2, 0.25) is 0 Å². The van der Waals surface area contributed by atoms with Gasteiger partial charge in [0.15, 0.2) is 0 Å². The Labute approximate surface area is 130 Å². The first kappa shape index (κ1) is 15.1. The smallest absolute Gasteiger partial charge is 0.293 e. The number of hydrogen-bond acceptors (Lipinski definition) is 4. The molecule has 1 aliphatic heterocycles. The van der Waals surface area contributed by atoms with E-state index in [4.69, 9.17) is 4.74 Å². The van der Waals surface area contributed by atoms with Gasteiger partial charge in [0.1, 0.15) is 5.75 Å². The summed E-state index contributed by atoms with van der Waals surface area (Å²) in [6.45, 7) is 2.39. The zero-order valence-electron chi connectivity index (χ0n) is 11.2. The zero-order valence-corrected chi connectivity index (χ0v) is 13.6. The van der Waals surface area contributed by atoms with E-state index in [0.29, 0.717) is 17.2 Å². The van der Waals surface area contributed by atoms with Crippen LogP contribution in [0.25, 0.3) is 6.08 Å². The minimum absolute atomic E-state index is 0.211. The highest BCUT2D eigenvalue weighted by molar-refractivity contribution is 9.10. The number of amides is 2. The minimum atomic E-state index is -0.233. The van der Waals surface area contributed by atoms with Crippen molar-refractivity contribution in [3.8, 4) is 5.75 Å². The molecule has 0 spiro atoms. The molecule has 1 saturated heterocycles. The number of carbonyl (C=O) groups excluding carboxylic acids is 2. The van der Waals surface area contributed by atoms with Gasteiger partial charge in [-0.25, -0.2) is 0 Å². The summed E-state index contributed by atoms with van der Waals surface area (Å²) in [7, 11) is 1.57. The van der Waals surface area contributed by atoms with Crippen molar-refractivity contribution >= 4 is 44.9 Å². The van der Waals surface area contributed by atoms with Crippen LogP contribution in [0.1, 0.15) is 18.9 Å². The number of thioether (sulfide) groups is 1. The van der Waals surface area contributed by atoms with Crippen LogP contribution in [0.4, 0.5) is 4.79 Å². The van der Waals surface area contributed by atoms with E-state index in [2.05, 4.69) is 15.9 Å². The van der Waals surface area contributed by atoms with Crippen LogP contribution in [0, 0.1) is 0 Å². The van der Waals surface area contributed by atoms with Gasteiger partial charge in [0, 0.05) is 16.6 Å². The number of ether oxygens (including phenoxy) is 1. The molecular weight excluding hydrogens is 342 g/mol. The van der Waals surface area contributed by atoms with Crippen molar-refractivity contribution in [1.29, 1.82) is 0 Å². The van der Waals surface area contributed by atoms with Crippen LogP contribution in [-0.4, -0.2) is 29.7 Å². The number of methoxy groups -OCH3 is 1. The molecule has 0 saturated carbocycles. The highest BCUT2D eigenvalue weighted by Gasteiger charge is 2.34. The lowest BCUT2D eigenvalue weighted by molar-refractivity contribution is -0.122. The predicted octanol–water partition coefficient (Wildman–Crippen LogP) is 3.90. The van der Waals surface area contributed by atoms with E-state index in [9.17, 15) is 9.59 Å². The fraction of sp³-hybridized carbons (Fsp3) is 0.286. The summed E-state index contributed by atoms with van der Waals surface area (Å²) in [5.74, 6) is 0.430. The van der Waals surface area contributed by atoms with Crippen molar-refractivity contribution in [1.82, 2.24) is 4.90 Å².